The molecule has 3 aromatic rings. The van der Waals surface area contributed by atoms with Crippen LogP contribution in [-0.2, 0) is 0 Å². The molecule has 0 amide bonds. The molecule has 6 nitrogen and oxygen atoms in total. The Morgan fingerprint density at radius 3 is 2.59 bits per heavy atom. The van der Waals surface area contributed by atoms with Gasteiger partial charge in [-0.3, -0.25) is 0 Å². The van der Waals surface area contributed by atoms with E-state index in [4.69, 9.17) is 20.1 Å². The van der Waals surface area contributed by atoms with Gasteiger partial charge in [0.25, 0.3) is 0 Å². The number of nitrogens with zero attached hydrogens (tertiary/aromatic N) is 4. The topological polar surface area (TPSA) is 80.5 Å². The number of likely N-dealkylation sites (N-methyl/N-ethyl adjacent to an activating group) is 1. The molecule has 6 heteroatoms. The summed E-state index contributed by atoms with van der Waals surface area (Å²) in [5, 5.41) is 2.83. The van der Waals surface area contributed by atoms with Crippen LogP contribution < -0.4 is 16.0 Å². The molecule has 0 saturated heterocycles. The third-order valence-corrected chi connectivity index (χ3v) is 5.68. The second-order valence-electron chi connectivity index (χ2n) is 7.78. The molecule has 1 aliphatic carbocycles. The predicted octanol–water partition coefficient (Wildman–Crippen LogP) is 4.81. The fourth-order valence-corrected chi connectivity index (χ4v) is 4.13. The molecular formula is C26H25N5O. The Morgan fingerprint density at radius 2 is 1.84 bits per heavy atom. The molecule has 0 unspecified atom stereocenters. The van der Waals surface area contributed by atoms with E-state index in [0.717, 1.165) is 57.3 Å². The smallest absolute Gasteiger partial charge is 0.155 e. The Bertz CT molecular complexity index is 1440. The van der Waals surface area contributed by atoms with Crippen LogP contribution in [0.5, 0.6) is 0 Å². The van der Waals surface area contributed by atoms with Crippen molar-refractivity contribution in [3.8, 4) is 11.5 Å². The number of rotatable bonds is 5. The third-order valence-electron chi connectivity index (χ3n) is 5.68. The average molecular weight is 424 g/mol. The monoisotopic (exact) mass is 423 g/mol. The second kappa shape index (κ2) is 8.40. The number of fused-ring (bicyclic) bond motifs is 4. The summed E-state index contributed by atoms with van der Waals surface area (Å²) in [5.41, 5.74) is 10.4. The van der Waals surface area contributed by atoms with Crippen molar-refractivity contribution in [2.45, 2.75) is 13.8 Å². The summed E-state index contributed by atoms with van der Waals surface area (Å²) in [6.07, 6.45) is 1.74. The standard InChI is InChI=1S/C26H25N5O/c1-3-31(13-11-27)18-14-17(2)25-22(15-18)32-23-16-21(29-24-10-6-7-12-28-24)19-8-4-5-9-20(19)26(23)30-25/h4-10,12,14-16H,3,11,13,27H2,1-2H3/b29-21-. The summed E-state index contributed by atoms with van der Waals surface area (Å²) >= 11 is 0. The number of nitrogens with two attached hydrogens (primary N) is 1. The Kier molecular flexibility index (Phi) is 5.29. The maximum atomic E-state index is 6.43. The highest BCUT2D eigenvalue weighted by Gasteiger charge is 2.17. The van der Waals surface area contributed by atoms with Crippen LogP contribution in [0.15, 0.2) is 76.3 Å². The highest BCUT2D eigenvalue weighted by Crippen LogP contribution is 2.33. The first-order valence-electron chi connectivity index (χ1n) is 10.9. The molecule has 160 valence electrons. The van der Waals surface area contributed by atoms with E-state index < -0.39 is 0 Å². The van der Waals surface area contributed by atoms with Crippen LogP contribution >= 0.6 is 0 Å². The molecule has 1 aliphatic heterocycles. The van der Waals surface area contributed by atoms with Crippen LogP contribution in [-0.4, -0.2) is 29.6 Å². The minimum atomic E-state index is 0.600. The van der Waals surface area contributed by atoms with Gasteiger partial charge in [-0.05, 0) is 37.6 Å². The van der Waals surface area contributed by atoms with Crippen molar-refractivity contribution >= 4 is 33.4 Å². The van der Waals surface area contributed by atoms with Gasteiger partial charge in [0.1, 0.15) is 11.2 Å². The normalized spacial score (nSPS) is 12.2. The minimum absolute atomic E-state index is 0.600. The Labute approximate surface area is 186 Å². The van der Waals surface area contributed by atoms with Gasteiger partial charge in [-0.15, -0.1) is 0 Å². The lowest BCUT2D eigenvalue weighted by atomic mass is 10.0. The number of aryl methyl sites for hydroxylation is 1. The average Bonchev–Trinajstić information content (AvgIpc) is 2.82. The second-order valence-corrected chi connectivity index (χ2v) is 7.78. The summed E-state index contributed by atoms with van der Waals surface area (Å²) in [5.74, 6) is 1.36. The van der Waals surface area contributed by atoms with Crippen molar-refractivity contribution in [3.05, 3.63) is 77.8 Å². The SMILES string of the molecule is CCN(CCN)c1cc(C)c2nc3c4ccccc4/c(=N\c4ccccn4)cc-3oc2c1. The number of benzene rings is 3. The molecule has 0 fully saturated rings. The molecular weight excluding hydrogens is 398 g/mol. The van der Waals surface area contributed by atoms with Gasteiger partial charge in [0.05, 0.1) is 5.36 Å². The Balaban J connectivity index is 1.80. The zero-order chi connectivity index (χ0) is 22.1. The van der Waals surface area contributed by atoms with Gasteiger partial charge in [0, 0.05) is 54.4 Å². The van der Waals surface area contributed by atoms with Crippen molar-refractivity contribution in [3.63, 3.8) is 0 Å². The van der Waals surface area contributed by atoms with Crippen molar-refractivity contribution in [1.82, 2.24) is 9.97 Å². The van der Waals surface area contributed by atoms with Gasteiger partial charge < -0.3 is 15.1 Å². The van der Waals surface area contributed by atoms with E-state index in [-0.39, 0.29) is 0 Å². The molecule has 0 radical (unpaired) electrons. The quantitative estimate of drug-likeness (QED) is 0.324. The summed E-state index contributed by atoms with van der Waals surface area (Å²) < 4.78 is 6.43. The van der Waals surface area contributed by atoms with Crippen LogP contribution in [0.1, 0.15) is 12.5 Å². The van der Waals surface area contributed by atoms with E-state index in [2.05, 4.69) is 48.0 Å². The molecule has 2 heterocycles. The Hall–Kier alpha value is -3.77. The van der Waals surface area contributed by atoms with Gasteiger partial charge in [-0.2, -0.15) is 0 Å². The molecule has 1 aromatic heterocycles. The molecule has 2 aliphatic rings. The number of aromatic nitrogens is 2. The Morgan fingerprint density at radius 1 is 1.03 bits per heavy atom. The van der Waals surface area contributed by atoms with Gasteiger partial charge in [-0.25, -0.2) is 15.0 Å². The van der Waals surface area contributed by atoms with Gasteiger partial charge in [0.2, 0.25) is 0 Å². The fourth-order valence-electron chi connectivity index (χ4n) is 4.13. The molecule has 2 N–H and O–H groups in total. The molecule has 0 bridgehead atoms. The number of hydrogen-bond donors (Lipinski definition) is 1. The maximum Gasteiger partial charge on any atom is 0.155 e. The van der Waals surface area contributed by atoms with Crippen LogP contribution in [0, 0.1) is 6.92 Å². The van der Waals surface area contributed by atoms with Crippen LogP contribution in [0.4, 0.5) is 11.5 Å². The fraction of sp³-hybridized carbons (Fsp3) is 0.192. The van der Waals surface area contributed by atoms with Crippen molar-refractivity contribution in [1.29, 1.82) is 0 Å². The summed E-state index contributed by atoms with van der Waals surface area (Å²) in [7, 11) is 0. The molecule has 2 aromatic carbocycles. The molecule has 5 rings (SSSR count). The molecule has 0 spiro atoms. The molecule has 32 heavy (non-hydrogen) atoms. The van der Waals surface area contributed by atoms with Crippen LogP contribution in [0.25, 0.3) is 33.3 Å². The van der Waals surface area contributed by atoms with Gasteiger partial charge in [-0.1, -0.05) is 30.3 Å². The van der Waals surface area contributed by atoms with Crippen molar-refractivity contribution in [2.24, 2.45) is 10.7 Å². The summed E-state index contributed by atoms with van der Waals surface area (Å²) in [4.78, 5) is 16.4. The van der Waals surface area contributed by atoms with E-state index in [1.54, 1.807) is 6.20 Å². The minimum Gasteiger partial charge on any atom is -0.453 e. The highest BCUT2D eigenvalue weighted by molar-refractivity contribution is 5.97. The first kappa shape index (κ1) is 20.2. The number of pyridine rings is 1. The lowest BCUT2D eigenvalue weighted by Crippen LogP contribution is -2.29. The van der Waals surface area contributed by atoms with E-state index in [0.29, 0.717) is 18.1 Å². The first-order chi connectivity index (χ1) is 15.7. The van der Waals surface area contributed by atoms with Gasteiger partial charge in [0.15, 0.2) is 17.2 Å². The molecule has 0 saturated carbocycles. The predicted molar refractivity (Wildman–Crippen MR) is 129 cm³/mol. The number of anilines is 1. The van der Waals surface area contributed by atoms with Crippen LogP contribution in [0.3, 0.4) is 0 Å². The summed E-state index contributed by atoms with van der Waals surface area (Å²) in [6.45, 7) is 6.47. The number of hydrogen-bond acceptors (Lipinski definition) is 6. The third kappa shape index (κ3) is 3.59. The highest BCUT2D eigenvalue weighted by atomic mass is 16.3. The van der Waals surface area contributed by atoms with Crippen molar-refractivity contribution < 1.29 is 4.42 Å². The van der Waals surface area contributed by atoms with E-state index in [9.17, 15) is 0 Å². The van der Waals surface area contributed by atoms with Crippen LogP contribution in [0.2, 0.25) is 0 Å². The lowest BCUT2D eigenvalue weighted by molar-refractivity contribution is 0.613. The first-order valence-corrected chi connectivity index (χ1v) is 10.9. The van der Waals surface area contributed by atoms with Crippen molar-refractivity contribution in [2.75, 3.05) is 24.5 Å². The van der Waals surface area contributed by atoms with E-state index in [1.807, 2.05) is 36.4 Å². The molecule has 0 atom stereocenters. The van der Waals surface area contributed by atoms with E-state index >= 15 is 0 Å². The largest absolute Gasteiger partial charge is 0.453 e. The lowest BCUT2D eigenvalue weighted by Gasteiger charge is -2.23. The summed E-state index contributed by atoms with van der Waals surface area (Å²) in [6, 6.07) is 20.0. The van der Waals surface area contributed by atoms with E-state index in [1.165, 1.54) is 0 Å². The zero-order valence-electron chi connectivity index (χ0n) is 18.2. The maximum absolute atomic E-state index is 6.43. The zero-order valence-corrected chi connectivity index (χ0v) is 18.2. The van der Waals surface area contributed by atoms with Gasteiger partial charge >= 0.3 is 0 Å².